The van der Waals surface area contributed by atoms with Crippen molar-refractivity contribution in [1.29, 1.82) is 0 Å². The molecule has 0 amide bonds. The fourth-order valence-corrected chi connectivity index (χ4v) is 7.27. The van der Waals surface area contributed by atoms with E-state index in [2.05, 4.69) is 101 Å². The Morgan fingerprint density at radius 1 is 0.500 bits per heavy atom. The Morgan fingerprint density at radius 3 is 1.56 bits per heavy atom. The minimum atomic E-state index is 0. The molecule has 0 radical (unpaired) electrons. The van der Waals surface area contributed by atoms with Gasteiger partial charge in [0.1, 0.15) is 0 Å². The molecular weight excluding hydrogens is 699 g/mol. The first-order valence-electron chi connectivity index (χ1n) is 22.8. The molecule has 0 unspecified atom stereocenters. The first kappa shape index (κ1) is 49.8. The summed E-state index contributed by atoms with van der Waals surface area (Å²) in [6, 6.07) is 15.7. The number of unbranched alkanes of at least 4 members (excludes halogenated alkanes) is 18. The summed E-state index contributed by atoms with van der Waals surface area (Å²) in [5.74, 6) is 0. The van der Waals surface area contributed by atoms with Crippen LogP contribution >= 0.6 is 0 Å². The van der Waals surface area contributed by atoms with E-state index >= 15 is 0 Å². The van der Waals surface area contributed by atoms with Crippen molar-refractivity contribution in [2.24, 2.45) is 9.98 Å². The molecule has 0 bridgehead atoms. The normalized spacial score (nSPS) is 12.3. The van der Waals surface area contributed by atoms with Crippen LogP contribution in [0.15, 0.2) is 76.8 Å². The number of nitrogens with zero attached hydrogens (tertiary/aromatic N) is 2. The van der Waals surface area contributed by atoms with Gasteiger partial charge >= 0.3 is 0 Å². The summed E-state index contributed by atoms with van der Waals surface area (Å²) in [6.07, 6.45) is 45.5. The maximum absolute atomic E-state index is 5.34. The average Bonchev–Trinajstić information content (AvgIpc) is 3.16. The molecule has 0 saturated carbocycles. The van der Waals surface area contributed by atoms with Crippen LogP contribution in [0.5, 0.6) is 0 Å². The average molecular weight is 782 g/mol. The molecule has 0 atom stereocenters. The number of rotatable bonds is 33. The van der Waals surface area contributed by atoms with Crippen molar-refractivity contribution in [3.05, 3.63) is 83.5 Å². The third kappa shape index (κ3) is 24.3. The smallest absolute Gasteiger partial charge is 0.0848 e. The van der Waals surface area contributed by atoms with Crippen molar-refractivity contribution < 1.29 is 16.5 Å². The molecule has 2 rings (SSSR count). The number of benzene rings is 2. The summed E-state index contributed by atoms with van der Waals surface area (Å²) >= 11 is 0. The fourth-order valence-electron chi connectivity index (χ4n) is 7.27. The van der Waals surface area contributed by atoms with Crippen LogP contribution in [-0.4, -0.2) is 11.4 Å². The summed E-state index contributed by atoms with van der Waals surface area (Å²) in [5.41, 5.74) is 8.41. The number of hydrogen-bond donors (Lipinski definition) is 0. The molecule has 54 heavy (non-hydrogen) atoms. The zero-order chi connectivity index (χ0) is 38.0. The fraction of sp³-hybridized carbons (Fsp3) is 0.647. The van der Waals surface area contributed by atoms with Gasteiger partial charge < -0.3 is 0 Å². The summed E-state index contributed by atoms with van der Waals surface area (Å²) in [6.45, 7) is 11.3. The Kier molecular flexibility index (Phi) is 32.4. The van der Waals surface area contributed by atoms with Gasteiger partial charge in [-0.25, -0.2) is 4.99 Å². The van der Waals surface area contributed by atoms with E-state index in [1.165, 1.54) is 132 Å². The third-order valence-corrected chi connectivity index (χ3v) is 10.4. The van der Waals surface area contributed by atoms with Gasteiger partial charge in [0, 0.05) is 16.5 Å². The van der Waals surface area contributed by atoms with E-state index in [1.54, 1.807) is 0 Å². The van der Waals surface area contributed by atoms with Crippen LogP contribution in [-0.2, 0) is 35.8 Å². The van der Waals surface area contributed by atoms with E-state index in [4.69, 9.17) is 9.98 Å². The van der Waals surface area contributed by atoms with Crippen molar-refractivity contribution in [2.75, 3.05) is 0 Å². The molecule has 306 valence electrons. The van der Waals surface area contributed by atoms with Crippen molar-refractivity contribution in [1.82, 2.24) is 0 Å². The molecule has 2 nitrogen and oxygen atoms in total. The molecule has 2 aromatic carbocycles. The van der Waals surface area contributed by atoms with Gasteiger partial charge in [0.2, 0.25) is 0 Å². The number of hydrogen-bond acceptors (Lipinski definition) is 2. The van der Waals surface area contributed by atoms with Crippen molar-refractivity contribution in [2.45, 2.75) is 214 Å². The second kappa shape index (κ2) is 35.2. The number of para-hydroxylation sites is 1. The van der Waals surface area contributed by atoms with E-state index in [0.29, 0.717) is 0 Å². The van der Waals surface area contributed by atoms with Gasteiger partial charge in [0.25, 0.3) is 0 Å². The molecule has 0 spiro atoms. The van der Waals surface area contributed by atoms with E-state index in [-0.39, 0.29) is 16.5 Å². The quantitative estimate of drug-likeness (QED) is 0.0298. The van der Waals surface area contributed by atoms with E-state index in [1.807, 2.05) is 0 Å². The Bertz CT molecular complexity index is 1280. The van der Waals surface area contributed by atoms with Crippen LogP contribution < -0.4 is 0 Å². The minimum Gasteiger partial charge on any atom is -0.251 e. The molecule has 3 heteroatoms. The van der Waals surface area contributed by atoms with Gasteiger partial charge in [-0.3, -0.25) is 4.99 Å². The van der Waals surface area contributed by atoms with Crippen LogP contribution in [0.4, 0.5) is 11.4 Å². The van der Waals surface area contributed by atoms with E-state index < -0.39 is 0 Å². The first-order chi connectivity index (χ1) is 26.1. The van der Waals surface area contributed by atoms with Crippen molar-refractivity contribution in [3.8, 4) is 0 Å². The van der Waals surface area contributed by atoms with Crippen LogP contribution in [0.3, 0.4) is 0 Å². The van der Waals surface area contributed by atoms with E-state index in [9.17, 15) is 0 Å². The summed E-state index contributed by atoms with van der Waals surface area (Å²) in [4.78, 5) is 10.7. The monoisotopic (exact) mass is 781 g/mol. The first-order valence-corrected chi connectivity index (χ1v) is 22.8. The van der Waals surface area contributed by atoms with Crippen LogP contribution in [0.2, 0.25) is 0 Å². The number of aliphatic imine (C=N–C) groups is 2. The number of allylic oxidation sites excluding steroid dienone is 4. The molecule has 0 aliphatic carbocycles. The summed E-state index contributed by atoms with van der Waals surface area (Å²) < 4.78 is 0. The largest absolute Gasteiger partial charge is 0.251 e. The Labute approximate surface area is 345 Å². The maximum Gasteiger partial charge on any atom is 0.0848 e. The second-order valence-corrected chi connectivity index (χ2v) is 15.6. The zero-order valence-corrected chi connectivity index (χ0v) is 36.8. The van der Waals surface area contributed by atoms with Crippen molar-refractivity contribution in [3.63, 3.8) is 0 Å². The third-order valence-electron chi connectivity index (χ3n) is 10.4. The van der Waals surface area contributed by atoms with Crippen LogP contribution in [0.1, 0.15) is 212 Å². The summed E-state index contributed by atoms with van der Waals surface area (Å²) in [7, 11) is 0. The van der Waals surface area contributed by atoms with Gasteiger partial charge in [-0.15, -0.1) is 0 Å². The van der Waals surface area contributed by atoms with Gasteiger partial charge in [-0.2, -0.15) is 0 Å². The topological polar surface area (TPSA) is 24.7 Å². The van der Waals surface area contributed by atoms with Gasteiger partial charge in [-0.05, 0) is 98.8 Å². The zero-order valence-electron chi connectivity index (χ0n) is 35.9. The molecular formula is C51H82N2Ni. The standard InChI is InChI=1S/C51H82N2.Ni/c1-6-11-14-15-16-17-18-19-20-21-22-23-24-25-26-27-28-29-30-31-32-37-47-38-33-34-41-49(47)53-51(40-13-8-3)50(39-12-7-2)52-48-43-45(35-9-4)42-46(44-48)36-10-5;/h13,30-31,33-34,38,40-44H,6-12,14-29,32,35-37,39H2,1-5H3;/b31-30+,40-13+,52-50+,53-51+;. The number of aryl methyl sites for hydroxylation is 3. The van der Waals surface area contributed by atoms with Crippen LogP contribution in [0, 0.1) is 0 Å². The van der Waals surface area contributed by atoms with Crippen molar-refractivity contribution >= 4 is 22.8 Å². The molecule has 0 heterocycles. The summed E-state index contributed by atoms with van der Waals surface area (Å²) in [5, 5.41) is 0. The Morgan fingerprint density at radius 2 is 1.02 bits per heavy atom. The Hall–Kier alpha value is -2.25. The molecule has 0 aliphatic rings. The van der Waals surface area contributed by atoms with Gasteiger partial charge in [-0.1, -0.05) is 199 Å². The SMILES string of the molecule is CC/C=C/C(=N\c1ccccc1CC/C=C/CCCCCCCCCCCCCCCCCCC)C(/CCCC)=N/c1cc(CCC)cc(CCC)c1.[Ni]. The maximum atomic E-state index is 5.34. The van der Waals surface area contributed by atoms with Crippen LogP contribution in [0.25, 0.3) is 0 Å². The molecule has 0 saturated heterocycles. The predicted molar refractivity (Wildman–Crippen MR) is 240 cm³/mol. The van der Waals surface area contributed by atoms with Gasteiger partial charge in [0.15, 0.2) is 0 Å². The molecule has 0 aromatic heterocycles. The Balaban J connectivity index is 0.0000146. The van der Waals surface area contributed by atoms with Gasteiger partial charge in [0.05, 0.1) is 22.8 Å². The molecule has 0 aliphatic heterocycles. The minimum absolute atomic E-state index is 0. The van der Waals surface area contributed by atoms with E-state index in [0.717, 1.165) is 87.0 Å². The predicted octanol–water partition coefficient (Wildman–Crippen LogP) is 17.1. The molecule has 2 aromatic rings. The molecule has 0 fully saturated rings. The molecule has 0 N–H and O–H groups in total. The second-order valence-electron chi connectivity index (χ2n) is 15.6.